The van der Waals surface area contributed by atoms with Gasteiger partial charge in [0.2, 0.25) is 0 Å². The van der Waals surface area contributed by atoms with Crippen molar-refractivity contribution in [3.63, 3.8) is 0 Å². The highest BCUT2D eigenvalue weighted by Crippen LogP contribution is 2.17. The van der Waals surface area contributed by atoms with Crippen molar-refractivity contribution in [1.29, 1.82) is 0 Å². The molecule has 30 heavy (non-hydrogen) atoms. The van der Waals surface area contributed by atoms with E-state index in [1.54, 1.807) is 29.2 Å². The molecule has 2 aromatic carbocycles. The molecule has 2 aromatic rings. The Bertz CT molecular complexity index is 870. The zero-order chi connectivity index (χ0) is 21.3. The molecule has 1 unspecified atom stereocenters. The van der Waals surface area contributed by atoms with E-state index in [4.69, 9.17) is 0 Å². The summed E-state index contributed by atoms with van der Waals surface area (Å²) in [5.41, 5.74) is 2.11. The third-order valence-corrected chi connectivity index (χ3v) is 4.86. The van der Waals surface area contributed by atoms with Crippen molar-refractivity contribution >= 4 is 29.3 Å². The molecule has 3 N–H and O–H groups in total. The van der Waals surface area contributed by atoms with Gasteiger partial charge in [-0.25, -0.2) is 4.79 Å². The molecule has 1 fully saturated rings. The maximum atomic E-state index is 12.5. The topological polar surface area (TPSA) is 99.8 Å². The van der Waals surface area contributed by atoms with E-state index in [1.165, 1.54) is 7.11 Å². The number of carbonyl (C=O) groups excluding carboxylic acids is 3. The van der Waals surface area contributed by atoms with E-state index >= 15 is 0 Å². The number of hydrogen-bond donors (Lipinski definition) is 3. The first-order chi connectivity index (χ1) is 14.5. The summed E-state index contributed by atoms with van der Waals surface area (Å²) in [7, 11) is 1.30. The van der Waals surface area contributed by atoms with E-state index in [0.29, 0.717) is 24.3 Å². The Morgan fingerprint density at radius 3 is 2.47 bits per heavy atom. The van der Waals surface area contributed by atoms with Crippen LogP contribution in [0.4, 0.5) is 16.2 Å². The lowest BCUT2D eigenvalue weighted by Crippen LogP contribution is -2.35. The number of hydrogen-bond acceptors (Lipinski definition) is 5. The van der Waals surface area contributed by atoms with Crippen LogP contribution in [0.3, 0.4) is 0 Å². The molecule has 1 aliphatic heterocycles. The largest absolute Gasteiger partial charge is 0.469 e. The number of anilines is 2. The second-order valence-corrected chi connectivity index (χ2v) is 7.03. The molecule has 0 bridgehead atoms. The number of carbonyl (C=O) groups is 3. The van der Waals surface area contributed by atoms with E-state index in [-0.39, 0.29) is 36.9 Å². The first kappa shape index (κ1) is 21.2. The molecule has 3 rings (SSSR count). The minimum Gasteiger partial charge on any atom is -0.469 e. The number of esters is 1. The second kappa shape index (κ2) is 10.3. The summed E-state index contributed by atoms with van der Waals surface area (Å²) in [5, 5.41) is 8.96. The minimum absolute atomic E-state index is 0.117. The van der Waals surface area contributed by atoms with Gasteiger partial charge in [0, 0.05) is 42.6 Å². The molecule has 0 aromatic heterocycles. The zero-order valence-corrected chi connectivity index (χ0v) is 16.9. The Morgan fingerprint density at radius 2 is 1.77 bits per heavy atom. The lowest BCUT2D eigenvalue weighted by molar-refractivity contribution is -0.140. The molecule has 158 valence electrons. The summed E-state index contributed by atoms with van der Waals surface area (Å²) >= 11 is 0. The normalized spacial score (nSPS) is 15.4. The third kappa shape index (κ3) is 5.97. The van der Waals surface area contributed by atoms with Crippen LogP contribution in [-0.4, -0.2) is 55.6 Å². The number of nitrogens with zero attached hydrogens (tertiary/aromatic N) is 1. The number of amides is 3. The predicted octanol–water partition coefficient (Wildman–Crippen LogP) is 2.70. The third-order valence-electron chi connectivity index (χ3n) is 4.86. The zero-order valence-electron chi connectivity index (χ0n) is 16.9. The average molecular weight is 410 g/mol. The van der Waals surface area contributed by atoms with Gasteiger partial charge in [0.25, 0.3) is 5.91 Å². The molecule has 0 saturated carbocycles. The van der Waals surface area contributed by atoms with Crippen molar-refractivity contribution in [3.05, 3.63) is 60.2 Å². The highest BCUT2D eigenvalue weighted by molar-refractivity contribution is 5.95. The first-order valence-corrected chi connectivity index (χ1v) is 9.88. The van der Waals surface area contributed by atoms with Gasteiger partial charge in [-0.1, -0.05) is 18.2 Å². The summed E-state index contributed by atoms with van der Waals surface area (Å²) in [6, 6.07) is 16.6. The van der Waals surface area contributed by atoms with E-state index < -0.39 is 0 Å². The van der Waals surface area contributed by atoms with Gasteiger partial charge in [0.1, 0.15) is 0 Å². The summed E-state index contributed by atoms with van der Waals surface area (Å²) in [4.78, 5) is 37.5. The summed E-state index contributed by atoms with van der Waals surface area (Å²) in [6.45, 7) is 1.51. The molecular formula is C22H26N4O4. The van der Waals surface area contributed by atoms with Crippen LogP contribution in [0, 0.1) is 0 Å². The van der Waals surface area contributed by atoms with Gasteiger partial charge in [-0.2, -0.15) is 0 Å². The Kier molecular flexibility index (Phi) is 7.26. The number of likely N-dealkylation sites (tertiary alicyclic amines) is 1. The van der Waals surface area contributed by atoms with Gasteiger partial charge >= 0.3 is 12.0 Å². The Morgan fingerprint density at radius 1 is 1.03 bits per heavy atom. The number of methoxy groups -OCH3 is 1. The van der Waals surface area contributed by atoms with Crippen LogP contribution >= 0.6 is 0 Å². The molecule has 8 heteroatoms. The Balaban J connectivity index is 1.45. The Hall–Kier alpha value is -3.55. The van der Waals surface area contributed by atoms with Crippen LogP contribution < -0.4 is 16.0 Å². The lowest BCUT2D eigenvalue weighted by Gasteiger charge is -2.18. The van der Waals surface area contributed by atoms with Gasteiger partial charge in [0.05, 0.1) is 13.5 Å². The van der Waals surface area contributed by atoms with Crippen LogP contribution in [0.25, 0.3) is 0 Å². The van der Waals surface area contributed by atoms with Crippen molar-refractivity contribution < 1.29 is 19.1 Å². The molecule has 8 nitrogen and oxygen atoms in total. The van der Waals surface area contributed by atoms with Crippen LogP contribution in [0.1, 0.15) is 23.2 Å². The van der Waals surface area contributed by atoms with E-state index in [9.17, 15) is 14.4 Å². The summed E-state index contributed by atoms with van der Waals surface area (Å²) < 4.78 is 4.53. The van der Waals surface area contributed by atoms with Crippen molar-refractivity contribution in [2.24, 2.45) is 0 Å². The highest BCUT2D eigenvalue weighted by Gasteiger charge is 2.26. The van der Waals surface area contributed by atoms with Crippen molar-refractivity contribution in [2.45, 2.75) is 18.9 Å². The van der Waals surface area contributed by atoms with Crippen LogP contribution in [0.15, 0.2) is 54.6 Å². The predicted molar refractivity (Wildman–Crippen MR) is 114 cm³/mol. The van der Waals surface area contributed by atoms with Crippen molar-refractivity contribution in [1.82, 2.24) is 10.2 Å². The van der Waals surface area contributed by atoms with Crippen molar-refractivity contribution in [3.8, 4) is 0 Å². The van der Waals surface area contributed by atoms with Gasteiger partial charge in [-0.05, 0) is 42.8 Å². The van der Waals surface area contributed by atoms with Crippen LogP contribution in [0.5, 0.6) is 0 Å². The standard InChI is InChI=1S/C22H26N4O4/c1-30-20(27)11-13-23-21(28)16-7-9-18(10-8-16)25-22(29)26-14-12-19(15-26)24-17-5-3-2-4-6-17/h2-10,19,24H,11-15H2,1H3,(H,23,28)(H,25,29). The second-order valence-electron chi connectivity index (χ2n) is 7.03. The number of ether oxygens (including phenoxy) is 1. The van der Waals surface area contributed by atoms with E-state index in [0.717, 1.165) is 12.1 Å². The SMILES string of the molecule is COC(=O)CCNC(=O)c1ccc(NC(=O)N2CCC(Nc3ccccc3)C2)cc1. The van der Waals surface area contributed by atoms with Gasteiger partial charge in [-0.15, -0.1) is 0 Å². The number of rotatable bonds is 7. The maximum absolute atomic E-state index is 12.5. The smallest absolute Gasteiger partial charge is 0.321 e. The van der Waals surface area contributed by atoms with Gasteiger partial charge in [0.15, 0.2) is 0 Å². The molecule has 1 aliphatic rings. The first-order valence-electron chi connectivity index (χ1n) is 9.88. The fourth-order valence-corrected chi connectivity index (χ4v) is 3.22. The number of para-hydroxylation sites is 1. The van der Waals surface area contributed by atoms with Crippen LogP contribution in [-0.2, 0) is 9.53 Å². The highest BCUT2D eigenvalue weighted by atomic mass is 16.5. The molecule has 1 atom stereocenters. The van der Waals surface area contributed by atoms with Gasteiger partial charge in [-0.3, -0.25) is 9.59 Å². The monoisotopic (exact) mass is 410 g/mol. The lowest BCUT2D eigenvalue weighted by atomic mass is 10.2. The van der Waals surface area contributed by atoms with E-state index in [2.05, 4.69) is 20.7 Å². The van der Waals surface area contributed by atoms with Gasteiger partial charge < -0.3 is 25.6 Å². The quantitative estimate of drug-likeness (QED) is 0.610. The molecule has 0 radical (unpaired) electrons. The van der Waals surface area contributed by atoms with Crippen LogP contribution in [0.2, 0.25) is 0 Å². The molecule has 1 heterocycles. The summed E-state index contributed by atoms with van der Waals surface area (Å²) in [5.74, 6) is -0.664. The minimum atomic E-state index is -0.378. The van der Waals surface area contributed by atoms with Crippen molar-refractivity contribution in [2.75, 3.05) is 37.4 Å². The maximum Gasteiger partial charge on any atom is 0.321 e. The molecule has 1 saturated heterocycles. The molecule has 0 spiro atoms. The summed E-state index contributed by atoms with van der Waals surface area (Å²) in [6.07, 6.45) is 0.999. The number of benzene rings is 2. The fourth-order valence-electron chi connectivity index (χ4n) is 3.22. The molecule has 0 aliphatic carbocycles. The average Bonchev–Trinajstić information content (AvgIpc) is 3.23. The molecular weight excluding hydrogens is 384 g/mol. The van der Waals surface area contributed by atoms with E-state index in [1.807, 2.05) is 30.3 Å². The fraction of sp³-hybridized carbons (Fsp3) is 0.318. The molecule has 3 amide bonds. The number of nitrogens with one attached hydrogen (secondary N) is 3. The number of urea groups is 1. The Labute approximate surface area is 175 Å².